The zero-order valence-electron chi connectivity index (χ0n) is 13.4. The standard InChI is InChI=1S/C19H16ClFN2O/c1-23(2)11-12-10-22-18(15-5-3-4-6-17(15)21)16-9-13(20)7-8-14(16)19(12)24/h3-9,11H,10H2,1-2H3/b12-11+. The van der Waals surface area contributed by atoms with Crippen LogP contribution in [0, 0.1) is 5.82 Å². The van der Waals surface area contributed by atoms with Gasteiger partial charge in [0.1, 0.15) is 5.82 Å². The van der Waals surface area contributed by atoms with Crippen molar-refractivity contribution in [3.8, 4) is 0 Å². The molecule has 0 radical (unpaired) electrons. The number of hydrogen-bond donors (Lipinski definition) is 0. The number of hydrogen-bond acceptors (Lipinski definition) is 3. The van der Waals surface area contributed by atoms with Crippen LogP contribution >= 0.6 is 11.6 Å². The molecule has 5 heteroatoms. The Morgan fingerprint density at radius 3 is 2.58 bits per heavy atom. The van der Waals surface area contributed by atoms with Crippen LogP contribution in [-0.4, -0.2) is 37.0 Å². The number of halogens is 2. The number of Topliss-reactive ketones (excluding diaryl/α,β-unsaturated/α-hetero) is 1. The number of benzene rings is 2. The highest BCUT2D eigenvalue weighted by molar-refractivity contribution is 6.32. The topological polar surface area (TPSA) is 32.7 Å². The van der Waals surface area contributed by atoms with Crippen molar-refractivity contribution in [2.24, 2.45) is 4.99 Å². The number of ketones is 1. The van der Waals surface area contributed by atoms with Crippen molar-refractivity contribution in [1.29, 1.82) is 0 Å². The highest BCUT2D eigenvalue weighted by Crippen LogP contribution is 2.26. The monoisotopic (exact) mass is 342 g/mol. The van der Waals surface area contributed by atoms with Gasteiger partial charge in [0, 0.05) is 47.6 Å². The lowest BCUT2D eigenvalue weighted by Crippen LogP contribution is -2.12. The zero-order chi connectivity index (χ0) is 17.3. The summed E-state index contributed by atoms with van der Waals surface area (Å²) < 4.78 is 14.3. The second-order valence-corrected chi connectivity index (χ2v) is 6.22. The molecule has 24 heavy (non-hydrogen) atoms. The van der Waals surface area contributed by atoms with Gasteiger partial charge in [0.05, 0.1) is 12.3 Å². The Labute approximate surface area is 145 Å². The third-order valence-corrected chi connectivity index (χ3v) is 3.96. The van der Waals surface area contributed by atoms with E-state index in [1.54, 1.807) is 47.5 Å². The minimum absolute atomic E-state index is 0.120. The summed E-state index contributed by atoms with van der Waals surface area (Å²) in [5.41, 5.74) is 2.39. The minimum atomic E-state index is -0.380. The van der Waals surface area contributed by atoms with Crippen molar-refractivity contribution in [2.75, 3.05) is 20.6 Å². The van der Waals surface area contributed by atoms with Crippen LogP contribution in [0.3, 0.4) is 0 Å². The molecule has 0 atom stereocenters. The van der Waals surface area contributed by atoms with Gasteiger partial charge in [0.15, 0.2) is 5.78 Å². The normalized spacial score (nSPS) is 15.8. The summed E-state index contributed by atoms with van der Waals surface area (Å²) in [5.74, 6) is -0.500. The highest BCUT2D eigenvalue weighted by atomic mass is 35.5. The van der Waals surface area contributed by atoms with E-state index in [9.17, 15) is 9.18 Å². The van der Waals surface area contributed by atoms with Crippen LogP contribution in [0.1, 0.15) is 21.5 Å². The van der Waals surface area contributed by atoms with Crippen LogP contribution in [0.2, 0.25) is 5.02 Å². The Morgan fingerprint density at radius 2 is 1.88 bits per heavy atom. The van der Waals surface area contributed by atoms with E-state index in [2.05, 4.69) is 4.99 Å². The number of aliphatic imine (C=N–C) groups is 1. The molecule has 2 aromatic rings. The molecule has 1 aliphatic rings. The van der Waals surface area contributed by atoms with Crippen molar-refractivity contribution in [1.82, 2.24) is 4.90 Å². The predicted molar refractivity (Wildman–Crippen MR) is 94.5 cm³/mol. The van der Waals surface area contributed by atoms with Gasteiger partial charge in [-0.3, -0.25) is 9.79 Å². The number of fused-ring (bicyclic) bond motifs is 1. The molecule has 3 rings (SSSR count). The SMILES string of the molecule is CN(C)/C=C1\CN=C(c2ccccc2F)c2cc(Cl)ccc2C1=O. The fourth-order valence-corrected chi connectivity index (χ4v) is 2.87. The van der Waals surface area contributed by atoms with Crippen molar-refractivity contribution in [2.45, 2.75) is 0 Å². The highest BCUT2D eigenvalue weighted by Gasteiger charge is 2.25. The van der Waals surface area contributed by atoms with E-state index >= 15 is 0 Å². The number of carbonyl (C=O) groups is 1. The quantitative estimate of drug-likeness (QED) is 0.774. The molecule has 0 bridgehead atoms. The van der Waals surface area contributed by atoms with Crippen molar-refractivity contribution in [3.63, 3.8) is 0 Å². The van der Waals surface area contributed by atoms with Gasteiger partial charge in [-0.05, 0) is 30.3 Å². The third-order valence-electron chi connectivity index (χ3n) is 3.72. The molecule has 2 aromatic carbocycles. The van der Waals surface area contributed by atoms with E-state index in [-0.39, 0.29) is 18.1 Å². The lowest BCUT2D eigenvalue weighted by atomic mass is 9.94. The Hall–Kier alpha value is -2.46. The smallest absolute Gasteiger partial charge is 0.193 e. The zero-order valence-corrected chi connectivity index (χ0v) is 14.1. The van der Waals surface area contributed by atoms with Crippen LogP contribution in [0.4, 0.5) is 4.39 Å². The molecule has 122 valence electrons. The first-order valence-electron chi connectivity index (χ1n) is 7.48. The maximum Gasteiger partial charge on any atom is 0.193 e. The summed E-state index contributed by atoms with van der Waals surface area (Å²) in [7, 11) is 3.69. The summed E-state index contributed by atoms with van der Waals surface area (Å²) in [4.78, 5) is 19.2. The van der Waals surface area contributed by atoms with Crippen LogP contribution in [0.5, 0.6) is 0 Å². The first-order chi connectivity index (χ1) is 11.5. The van der Waals surface area contributed by atoms with Gasteiger partial charge < -0.3 is 4.90 Å². The summed E-state index contributed by atoms with van der Waals surface area (Å²) >= 11 is 6.11. The molecule has 0 fully saturated rings. The summed E-state index contributed by atoms with van der Waals surface area (Å²) in [6.07, 6.45) is 1.74. The van der Waals surface area contributed by atoms with Gasteiger partial charge in [-0.15, -0.1) is 0 Å². The van der Waals surface area contributed by atoms with Crippen LogP contribution in [0.25, 0.3) is 0 Å². The van der Waals surface area contributed by atoms with Gasteiger partial charge in [-0.25, -0.2) is 4.39 Å². The second kappa shape index (κ2) is 6.57. The molecule has 3 nitrogen and oxygen atoms in total. The molecule has 1 heterocycles. The summed E-state index contributed by atoms with van der Waals surface area (Å²) in [6, 6.07) is 11.4. The summed E-state index contributed by atoms with van der Waals surface area (Å²) in [6.45, 7) is 0.187. The average Bonchev–Trinajstić information content (AvgIpc) is 2.66. The van der Waals surface area contributed by atoms with E-state index < -0.39 is 0 Å². The average molecular weight is 343 g/mol. The fourth-order valence-electron chi connectivity index (χ4n) is 2.70. The fraction of sp³-hybridized carbons (Fsp3) is 0.158. The van der Waals surface area contributed by atoms with Crippen molar-refractivity contribution >= 4 is 23.1 Å². The predicted octanol–water partition coefficient (Wildman–Crippen LogP) is 3.96. The van der Waals surface area contributed by atoms with Crippen LogP contribution in [0.15, 0.2) is 59.2 Å². The van der Waals surface area contributed by atoms with Crippen molar-refractivity contribution < 1.29 is 9.18 Å². The van der Waals surface area contributed by atoms with Crippen molar-refractivity contribution in [3.05, 3.63) is 81.8 Å². The van der Waals surface area contributed by atoms with E-state index in [0.29, 0.717) is 33.0 Å². The van der Waals surface area contributed by atoms with Gasteiger partial charge in [-0.1, -0.05) is 23.7 Å². The molecule has 0 saturated carbocycles. The maximum atomic E-state index is 14.3. The molecule has 0 N–H and O–H groups in total. The minimum Gasteiger partial charge on any atom is -0.383 e. The second-order valence-electron chi connectivity index (χ2n) is 5.78. The van der Waals surface area contributed by atoms with Gasteiger partial charge in [0.2, 0.25) is 0 Å². The van der Waals surface area contributed by atoms with E-state index in [1.165, 1.54) is 6.07 Å². The molecule has 0 saturated heterocycles. The number of carbonyl (C=O) groups excluding carboxylic acids is 1. The van der Waals surface area contributed by atoms with E-state index in [1.807, 2.05) is 14.1 Å². The van der Waals surface area contributed by atoms with E-state index in [4.69, 9.17) is 11.6 Å². The Bertz CT molecular complexity index is 871. The molecule has 0 aliphatic carbocycles. The Morgan fingerprint density at radius 1 is 1.12 bits per heavy atom. The third kappa shape index (κ3) is 3.10. The Kier molecular flexibility index (Phi) is 4.49. The molecular formula is C19H16ClFN2O. The van der Waals surface area contributed by atoms with Crippen LogP contribution in [-0.2, 0) is 0 Å². The van der Waals surface area contributed by atoms with Crippen LogP contribution < -0.4 is 0 Å². The first kappa shape index (κ1) is 16.4. The van der Waals surface area contributed by atoms with E-state index in [0.717, 1.165) is 0 Å². The van der Waals surface area contributed by atoms with Gasteiger partial charge in [-0.2, -0.15) is 0 Å². The number of nitrogens with zero attached hydrogens (tertiary/aromatic N) is 2. The first-order valence-corrected chi connectivity index (χ1v) is 7.86. The molecule has 0 spiro atoms. The molecule has 1 aliphatic heterocycles. The lowest BCUT2D eigenvalue weighted by Gasteiger charge is -2.11. The molecule has 0 amide bonds. The largest absolute Gasteiger partial charge is 0.383 e. The molecule has 0 unspecified atom stereocenters. The molecule has 0 aromatic heterocycles. The lowest BCUT2D eigenvalue weighted by molar-refractivity contribution is 0.103. The summed E-state index contributed by atoms with van der Waals surface area (Å²) in [5, 5.41) is 0.477. The van der Waals surface area contributed by atoms with Gasteiger partial charge in [0.25, 0.3) is 0 Å². The Balaban J connectivity index is 2.25. The maximum absolute atomic E-state index is 14.3. The molecular weight excluding hydrogens is 327 g/mol. The van der Waals surface area contributed by atoms with Gasteiger partial charge >= 0.3 is 0 Å². The number of rotatable bonds is 2.